The van der Waals surface area contributed by atoms with Crippen LogP contribution < -0.4 is 0 Å². The number of carbonyl (C=O) groups excluding carboxylic acids is 3. The van der Waals surface area contributed by atoms with Gasteiger partial charge < -0.3 is 34.2 Å². The molecule has 0 aromatic heterocycles. The van der Waals surface area contributed by atoms with Crippen LogP contribution in [0.25, 0.3) is 0 Å². The molecule has 5 unspecified atom stereocenters. The molecule has 0 radical (unpaired) electrons. The van der Waals surface area contributed by atoms with Crippen molar-refractivity contribution in [1.82, 2.24) is 0 Å². The summed E-state index contributed by atoms with van der Waals surface area (Å²) in [4.78, 5) is 58.9. The lowest BCUT2D eigenvalue weighted by atomic mass is 10.0. The van der Waals surface area contributed by atoms with E-state index >= 15 is 0 Å². The number of ether oxygens (including phenoxy) is 3. The van der Waals surface area contributed by atoms with Crippen molar-refractivity contribution in [3.05, 3.63) is 194 Å². The summed E-state index contributed by atoms with van der Waals surface area (Å²) >= 11 is 0. The SMILES string of the molecule is CC/C=C\C/C=C\C/C=C\C/C=C\C/C=C\C/C=C\CCCCCCCCCCCCC(=O)OCC(COP(=O)(O)OCC(O)COP(=O)(O)OCC(O)COC(=O)CCCCCCCCCCCCCCCCCCC/C=C\C/C=C\C/C=C\C/C=C\C/C=C\CC)OC(=O)CCC/C=C\C/C=C\C/C=C\C/C=C\C/C=C\CC. The number of phosphoric acid groups is 2. The van der Waals surface area contributed by atoms with Crippen LogP contribution >= 0.6 is 15.6 Å². The van der Waals surface area contributed by atoms with Gasteiger partial charge in [0.05, 0.1) is 26.4 Å². The van der Waals surface area contributed by atoms with E-state index in [-0.39, 0.29) is 19.3 Å². The molecule has 0 aliphatic carbocycles. The topological polar surface area (TPSA) is 231 Å². The summed E-state index contributed by atoms with van der Waals surface area (Å²) in [7, 11) is -9.83. The van der Waals surface area contributed by atoms with Gasteiger partial charge in [0.1, 0.15) is 25.4 Å². The van der Waals surface area contributed by atoms with Gasteiger partial charge in [0.15, 0.2) is 6.10 Å². The molecule has 0 saturated heterocycles. The smallest absolute Gasteiger partial charge is 0.463 e. The van der Waals surface area contributed by atoms with Crippen molar-refractivity contribution in [3.63, 3.8) is 0 Å². The summed E-state index contributed by atoms with van der Waals surface area (Å²) < 4.78 is 61.3. The first-order valence-electron chi connectivity index (χ1n) is 44.7. The van der Waals surface area contributed by atoms with E-state index < -0.39 is 91.5 Å². The Morgan fingerprint density at radius 1 is 0.243 bits per heavy atom. The van der Waals surface area contributed by atoms with Crippen molar-refractivity contribution in [3.8, 4) is 0 Å². The summed E-state index contributed by atoms with van der Waals surface area (Å²) in [6.07, 6.45) is 116. The van der Waals surface area contributed by atoms with Crippen LogP contribution in [0.1, 0.15) is 342 Å². The second kappa shape index (κ2) is 87.7. The minimum atomic E-state index is -4.96. The Balaban J connectivity index is 4.55. The van der Waals surface area contributed by atoms with Crippen LogP contribution in [-0.4, -0.2) is 95.9 Å². The zero-order valence-corrected chi connectivity index (χ0v) is 73.7. The van der Waals surface area contributed by atoms with Crippen molar-refractivity contribution in [2.75, 3.05) is 39.6 Å². The number of aliphatic hydroxyl groups excluding tert-OH is 2. The Morgan fingerprint density at radius 2 is 0.443 bits per heavy atom. The summed E-state index contributed by atoms with van der Waals surface area (Å²) in [6.45, 7) is 2.28. The quantitative estimate of drug-likeness (QED) is 0.0146. The second-order valence-corrected chi connectivity index (χ2v) is 32.2. The van der Waals surface area contributed by atoms with Crippen LogP contribution in [0.15, 0.2) is 194 Å². The van der Waals surface area contributed by atoms with E-state index in [0.717, 1.165) is 154 Å². The maximum absolute atomic E-state index is 13.0. The van der Waals surface area contributed by atoms with Gasteiger partial charge in [-0.2, -0.15) is 0 Å². The molecule has 18 heteroatoms. The van der Waals surface area contributed by atoms with Gasteiger partial charge in [-0.1, -0.05) is 363 Å². The molecule has 654 valence electrons. The third-order valence-corrected chi connectivity index (χ3v) is 20.2. The molecular weight excluding hydrogens is 1480 g/mol. The summed E-state index contributed by atoms with van der Waals surface area (Å²) in [5.41, 5.74) is 0. The molecule has 0 saturated carbocycles. The summed E-state index contributed by atoms with van der Waals surface area (Å²) in [5, 5.41) is 20.7. The Bertz CT molecular complexity index is 2870. The highest BCUT2D eigenvalue weighted by atomic mass is 31.2. The molecule has 115 heavy (non-hydrogen) atoms. The molecule has 4 N–H and O–H groups in total. The highest BCUT2D eigenvalue weighted by Crippen LogP contribution is 2.45. The van der Waals surface area contributed by atoms with E-state index in [9.17, 15) is 43.5 Å². The van der Waals surface area contributed by atoms with E-state index in [1.165, 1.54) is 122 Å². The predicted octanol–water partition coefficient (Wildman–Crippen LogP) is 27.4. The van der Waals surface area contributed by atoms with Crippen LogP contribution in [0, 0.1) is 0 Å². The molecule has 5 atom stereocenters. The molecule has 0 aliphatic heterocycles. The first-order chi connectivity index (χ1) is 56.2. The fourth-order valence-corrected chi connectivity index (χ4v) is 13.2. The highest BCUT2D eigenvalue weighted by Gasteiger charge is 2.29. The number of aliphatic hydroxyl groups is 2. The lowest BCUT2D eigenvalue weighted by Crippen LogP contribution is -2.30. The third-order valence-electron chi connectivity index (χ3n) is 18.3. The van der Waals surface area contributed by atoms with Gasteiger partial charge in [0.2, 0.25) is 0 Å². The molecular formula is C97H160O16P2. The van der Waals surface area contributed by atoms with Gasteiger partial charge in [-0.25, -0.2) is 9.13 Å². The predicted molar refractivity (Wildman–Crippen MR) is 481 cm³/mol. The van der Waals surface area contributed by atoms with Crippen LogP contribution in [0.2, 0.25) is 0 Å². The molecule has 0 aromatic carbocycles. The first-order valence-corrected chi connectivity index (χ1v) is 47.7. The first kappa shape index (κ1) is 109. The Hall–Kier alpha value is -5.61. The van der Waals surface area contributed by atoms with Crippen molar-refractivity contribution in [2.24, 2.45) is 0 Å². The monoisotopic (exact) mass is 1640 g/mol. The Kier molecular flexibility index (Phi) is 83.4. The summed E-state index contributed by atoms with van der Waals surface area (Å²) in [6, 6.07) is 0. The zero-order chi connectivity index (χ0) is 83.6. The van der Waals surface area contributed by atoms with Crippen LogP contribution in [0.5, 0.6) is 0 Å². The number of esters is 3. The van der Waals surface area contributed by atoms with E-state index in [1.54, 1.807) is 0 Å². The number of phosphoric ester groups is 2. The lowest BCUT2D eigenvalue weighted by Gasteiger charge is -2.21. The largest absolute Gasteiger partial charge is 0.472 e. The molecule has 0 heterocycles. The van der Waals surface area contributed by atoms with Gasteiger partial charge in [-0.15, -0.1) is 0 Å². The number of allylic oxidation sites excluding steroid dienone is 32. The molecule has 0 amide bonds. The average molecular weight is 1640 g/mol. The van der Waals surface area contributed by atoms with Crippen LogP contribution in [0.4, 0.5) is 0 Å². The number of carbonyl (C=O) groups is 3. The normalized spacial score (nSPS) is 14.7. The molecule has 0 spiro atoms. The number of unbranched alkanes of at least 4 members (excludes halogenated alkanes) is 28. The molecule has 0 aromatic rings. The molecule has 0 rings (SSSR count). The maximum atomic E-state index is 13.0. The van der Waals surface area contributed by atoms with E-state index in [1.807, 2.05) is 12.2 Å². The molecule has 0 bridgehead atoms. The van der Waals surface area contributed by atoms with Crippen molar-refractivity contribution in [1.29, 1.82) is 0 Å². The standard InChI is InChI=1S/C97H160O16P2/c1-4-7-10-13-16-19-22-25-28-31-33-35-37-39-41-43-44-45-46-48-50-51-53-55-57-60-62-65-68-71-74-77-80-83-95(100)107-86-92(98)87-109-114(103,104)110-88-93(99)89-111-115(105,106)112-91-94(113-97(102)85-82-79-76-73-70-67-64-59-30-27-24-21-18-15-12-9-6-3)90-108-96(101)84-81-78-75-72-69-66-63-61-58-56-54-52-49-47-42-40-38-36-34-32-29-26-23-20-17-14-11-8-5-2/h7-12,16-21,25-30,33-36,39-42,49,52,64,67,73,76,92-94,98-99H,4-6,13-15,22-24,31-32,37-38,43-48,50-51,53-63,65-66,68-72,74-75,77-91H2,1-3H3,(H,103,104)(H,105,106)/b10-7-,11-8-,12-9-,19-16-,20-17-,21-18-,28-25-,29-26-,30-27-,35-33-,36-34-,41-39-,42-40-,52-49-,67-64-,76-73-. The van der Waals surface area contributed by atoms with Gasteiger partial charge in [-0.3, -0.25) is 32.5 Å². The lowest BCUT2D eigenvalue weighted by molar-refractivity contribution is -0.161. The number of hydrogen-bond acceptors (Lipinski definition) is 14. The van der Waals surface area contributed by atoms with Gasteiger partial charge >= 0.3 is 33.6 Å². The van der Waals surface area contributed by atoms with Crippen LogP contribution in [0.3, 0.4) is 0 Å². The van der Waals surface area contributed by atoms with Crippen LogP contribution in [-0.2, 0) is 55.8 Å². The fraction of sp³-hybridized carbons (Fsp3) is 0.639. The second-order valence-electron chi connectivity index (χ2n) is 29.3. The molecule has 0 fully saturated rings. The van der Waals surface area contributed by atoms with Gasteiger partial charge in [0.25, 0.3) is 0 Å². The fourth-order valence-electron chi connectivity index (χ4n) is 11.6. The van der Waals surface area contributed by atoms with E-state index in [0.29, 0.717) is 25.7 Å². The molecule has 16 nitrogen and oxygen atoms in total. The average Bonchev–Trinajstić information content (AvgIpc) is 0.897. The van der Waals surface area contributed by atoms with Gasteiger partial charge in [-0.05, 0) is 154 Å². The zero-order valence-electron chi connectivity index (χ0n) is 71.9. The minimum Gasteiger partial charge on any atom is -0.463 e. The van der Waals surface area contributed by atoms with Crippen molar-refractivity contribution >= 4 is 33.6 Å². The van der Waals surface area contributed by atoms with Crippen molar-refractivity contribution < 1.29 is 75.8 Å². The number of rotatable bonds is 83. The minimum absolute atomic E-state index is 0.0193. The van der Waals surface area contributed by atoms with E-state index in [2.05, 4.69) is 203 Å². The van der Waals surface area contributed by atoms with E-state index in [4.69, 9.17) is 32.3 Å². The van der Waals surface area contributed by atoms with Gasteiger partial charge in [0, 0.05) is 19.3 Å². The Labute approximate surface area is 699 Å². The molecule has 0 aliphatic rings. The van der Waals surface area contributed by atoms with Crippen molar-refractivity contribution in [2.45, 2.75) is 360 Å². The summed E-state index contributed by atoms with van der Waals surface area (Å²) in [5.74, 6) is -1.65. The third kappa shape index (κ3) is 89.0. The number of hydrogen-bond donors (Lipinski definition) is 4. The highest BCUT2D eigenvalue weighted by molar-refractivity contribution is 7.47. The Morgan fingerprint density at radius 3 is 0.713 bits per heavy atom. The maximum Gasteiger partial charge on any atom is 0.472 e.